The standard InChI is InChI=1S/C17H21NO4/c1-11-13-8-16(21-4)17(22-7-5-6-20-3)9-15(13)18-10-14(11)12(2)19/h8-10,19H,2,5-7H2,1,3-4H3. The summed E-state index contributed by atoms with van der Waals surface area (Å²) in [6.07, 6.45) is 2.41. The molecule has 0 radical (unpaired) electrons. The Labute approximate surface area is 130 Å². The van der Waals surface area contributed by atoms with Crippen LogP contribution in [0.25, 0.3) is 16.7 Å². The van der Waals surface area contributed by atoms with Gasteiger partial charge in [0.05, 0.1) is 19.2 Å². The number of aromatic nitrogens is 1. The number of ether oxygens (including phenoxy) is 3. The van der Waals surface area contributed by atoms with Gasteiger partial charge >= 0.3 is 0 Å². The summed E-state index contributed by atoms with van der Waals surface area (Å²) in [5, 5.41) is 10.5. The van der Waals surface area contributed by atoms with Gasteiger partial charge in [-0.05, 0) is 18.6 Å². The quantitative estimate of drug-likeness (QED) is 0.626. The molecule has 1 N–H and O–H groups in total. The Morgan fingerprint density at radius 3 is 2.64 bits per heavy atom. The highest BCUT2D eigenvalue weighted by Gasteiger charge is 2.12. The average Bonchev–Trinajstić information content (AvgIpc) is 2.51. The zero-order chi connectivity index (χ0) is 16.1. The molecule has 5 heteroatoms. The van der Waals surface area contributed by atoms with Gasteiger partial charge in [-0.3, -0.25) is 4.98 Å². The van der Waals surface area contributed by atoms with Gasteiger partial charge in [0.1, 0.15) is 5.76 Å². The summed E-state index contributed by atoms with van der Waals surface area (Å²) in [5.74, 6) is 1.29. The van der Waals surface area contributed by atoms with Crippen LogP contribution < -0.4 is 9.47 Å². The summed E-state index contributed by atoms with van der Waals surface area (Å²) in [5.41, 5.74) is 2.31. The maximum Gasteiger partial charge on any atom is 0.163 e. The van der Waals surface area contributed by atoms with E-state index in [4.69, 9.17) is 14.2 Å². The minimum Gasteiger partial charge on any atom is -0.508 e. The van der Waals surface area contributed by atoms with Crippen LogP contribution in [0, 0.1) is 6.92 Å². The molecule has 0 unspecified atom stereocenters. The van der Waals surface area contributed by atoms with Crippen molar-refractivity contribution >= 4 is 16.7 Å². The fraction of sp³-hybridized carbons (Fsp3) is 0.353. The lowest BCUT2D eigenvalue weighted by Crippen LogP contribution is -2.03. The lowest BCUT2D eigenvalue weighted by Gasteiger charge is -2.14. The minimum atomic E-state index is 0.00533. The van der Waals surface area contributed by atoms with E-state index in [0.717, 1.165) is 22.9 Å². The van der Waals surface area contributed by atoms with Crippen molar-refractivity contribution < 1.29 is 19.3 Å². The van der Waals surface area contributed by atoms with E-state index >= 15 is 0 Å². The van der Waals surface area contributed by atoms with Crippen LogP contribution in [0.3, 0.4) is 0 Å². The molecular formula is C17H21NO4. The summed E-state index contributed by atoms with van der Waals surface area (Å²) in [6, 6.07) is 3.72. The lowest BCUT2D eigenvalue weighted by molar-refractivity contribution is 0.170. The monoisotopic (exact) mass is 303 g/mol. The molecule has 0 aliphatic heterocycles. The fourth-order valence-corrected chi connectivity index (χ4v) is 2.28. The van der Waals surface area contributed by atoms with E-state index in [0.29, 0.717) is 30.3 Å². The Hall–Kier alpha value is -2.27. The third-order valence-electron chi connectivity index (χ3n) is 3.48. The van der Waals surface area contributed by atoms with Crippen molar-refractivity contribution in [2.45, 2.75) is 13.3 Å². The third kappa shape index (κ3) is 3.31. The Balaban J connectivity index is 2.39. The first kappa shape index (κ1) is 16.1. The molecule has 0 saturated heterocycles. The molecule has 1 aromatic carbocycles. The number of nitrogens with zero attached hydrogens (tertiary/aromatic N) is 1. The Kier molecular flexibility index (Phi) is 5.22. The normalized spacial score (nSPS) is 10.7. The van der Waals surface area contributed by atoms with Gasteiger partial charge < -0.3 is 19.3 Å². The molecule has 118 valence electrons. The predicted molar refractivity (Wildman–Crippen MR) is 86.7 cm³/mol. The van der Waals surface area contributed by atoms with Crippen molar-refractivity contribution in [3.63, 3.8) is 0 Å². The molecule has 0 spiro atoms. The topological polar surface area (TPSA) is 60.8 Å². The highest BCUT2D eigenvalue weighted by Crippen LogP contribution is 2.34. The molecule has 0 aliphatic carbocycles. The molecule has 0 aliphatic rings. The van der Waals surface area contributed by atoms with E-state index in [2.05, 4.69) is 11.6 Å². The predicted octanol–water partition coefficient (Wildman–Crippen LogP) is 3.50. The molecule has 0 bridgehead atoms. The van der Waals surface area contributed by atoms with Gasteiger partial charge in [0, 0.05) is 43.4 Å². The zero-order valence-electron chi connectivity index (χ0n) is 13.2. The van der Waals surface area contributed by atoms with Gasteiger partial charge in [-0.1, -0.05) is 6.58 Å². The van der Waals surface area contributed by atoms with Crippen LogP contribution >= 0.6 is 0 Å². The first-order valence-electron chi connectivity index (χ1n) is 7.05. The summed E-state index contributed by atoms with van der Waals surface area (Å²) in [4.78, 5) is 4.36. The number of benzene rings is 1. The van der Waals surface area contributed by atoms with Crippen LogP contribution in [0.5, 0.6) is 11.5 Å². The van der Waals surface area contributed by atoms with Crippen LogP contribution in [-0.2, 0) is 4.74 Å². The summed E-state index contributed by atoms with van der Waals surface area (Å²) >= 11 is 0. The highest BCUT2D eigenvalue weighted by molar-refractivity contribution is 5.88. The second-order valence-electron chi connectivity index (χ2n) is 4.96. The average molecular weight is 303 g/mol. The minimum absolute atomic E-state index is 0.00533. The van der Waals surface area contributed by atoms with Crippen molar-refractivity contribution in [1.29, 1.82) is 0 Å². The first-order chi connectivity index (χ1) is 10.6. The van der Waals surface area contributed by atoms with E-state index in [1.54, 1.807) is 20.4 Å². The number of aliphatic hydroxyl groups is 1. The Morgan fingerprint density at radius 1 is 1.23 bits per heavy atom. The van der Waals surface area contributed by atoms with Gasteiger partial charge in [0.2, 0.25) is 0 Å². The van der Waals surface area contributed by atoms with E-state index in [9.17, 15) is 5.11 Å². The first-order valence-corrected chi connectivity index (χ1v) is 7.05. The summed E-state index contributed by atoms with van der Waals surface area (Å²) in [6.45, 7) is 6.66. The van der Waals surface area contributed by atoms with E-state index in [-0.39, 0.29) is 5.76 Å². The van der Waals surface area contributed by atoms with Gasteiger partial charge in [0.25, 0.3) is 0 Å². The SMILES string of the molecule is C=C(O)c1cnc2cc(OCCCOC)c(OC)cc2c1C. The van der Waals surface area contributed by atoms with Crippen molar-refractivity contribution in [2.75, 3.05) is 27.4 Å². The van der Waals surface area contributed by atoms with Crippen molar-refractivity contribution in [2.24, 2.45) is 0 Å². The van der Waals surface area contributed by atoms with Gasteiger partial charge in [-0.25, -0.2) is 0 Å². The number of aryl methyl sites for hydroxylation is 1. The lowest BCUT2D eigenvalue weighted by atomic mass is 10.0. The van der Waals surface area contributed by atoms with Crippen LogP contribution in [-0.4, -0.2) is 37.5 Å². The summed E-state index contributed by atoms with van der Waals surface area (Å²) in [7, 11) is 3.26. The molecule has 0 saturated carbocycles. The number of hydrogen-bond donors (Lipinski definition) is 1. The number of fused-ring (bicyclic) bond motifs is 1. The molecule has 0 amide bonds. The molecule has 0 fully saturated rings. The molecule has 1 heterocycles. The van der Waals surface area contributed by atoms with Gasteiger partial charge in [-0.15, -0.1) is 0 Å². The van der Waals surface area contributed by atoms with Gasteiger partial charge in [-0.2, -0.15) is 0 Å². The van der Waals surface area contributed by atoms with E-state index < -0.39 is 0 Å². The number of rotatable bonds is 7. The highest BCUT2D eigenvalue weighted by atomic mass is 16.5. The fourth-order valence-electron chi connectivity index (χ4n) is 2.28. The maximum atomic E-state index is 9.61. The number of methoxy groups -OCH3 is 2. The molecule has 2 aromatic rings. The molecule has 5 nitrogen and oxygen atoms in total. The number of hydrogen-bond acceptors (Lipinski definition) is 5. The second-order valence-corrected chi connectivity index (χ2v) is 4.96. The zero-order valence-corrected chi connectivity index (χ0v) is 13.2. The van der Waals surface area contributed by atoms with Crippen molar-refractivity contribution in [3.05, 3.63) is 36.0 Å². The number of pyridine rings is 1. The molecular weight excluding hydrogens is 282 g/mol. The number of aliphatic hydroxyl groups excluding tert-OH is 1. The Morgan fingerprint density at radius 2 is 2.00 bits per heavy atom. The van der Waals surface area contributed by atoms with Crippen molar-refractivity contribution in [3.8, 4) is 11.5 Å². The second kappa shape index (κ2) is 7.13. The smallest absolute Gasteiger partial charge is 0.163 e. The molecule has 22 heavy (non-hydrogen) atoms. The molecule has 0 atom stereocenters. The third-order valence-corrected chi connectivity index (χ3v) is 3.48. The van der Waals surface area contributed by atoms with Crippen LogP contribution in [0.2, 0.25) is 0 Å². The van der Waals surface area contributed by atoms with E-state index in [1.807, 2.05) is 19.1 Å². The molecule has 1 aromatic heterocycles. The van der Waals surface area contributed by atoms with E-state index in [1.165, 1.54) is 0 Å². The van der Waals surface area contributed by atoms with Crippen LogP contribution in [0.1, 0.15) is 17.5 Å². The Bertz CT molecular complexity index is 682. The molecule has 2 rings (SSSR count). The van der Waals surface area contributed by atoms with Crippen LogP contribution in [0.15, 0.2) is 24.9 Å². The van der Waals surface area contributed by atoms with Crippen LogP contribution in [0.4, 0.5) is 0 Å². The van der Waals surface area contributed by atoms with Gasteiger partial charge in [0.15, 0.2) is 11.5 Å². The largest absolute Gasteiger partial charge is 0.508 e. The summed E-state index contributed by atoms with van der Waals surface area (Å²) < 4.78 is 16.1. The maximum absolute atomic E-state index is 9.61. The van der Waals surface area contributed by atoms with Crippen molar-refractivity contribution in [1.82, 2.24) is 4.98 Å².